The molecule has 0 N–H and O–H groups in total. The number of hydrogen-bond donors (Lipinski definition) is 0. The summed E-state index contributed by atoms with van der Waals surface area (Å²) in [4.78, 5) is 0. The van der Waals surface area contributed by atoms with Crippen molar-refractivity contribution in [2.24, 2.45) is 0 Å². The minimum absolute atomic E-state index is 0.167. The summed E-state index contributed by atoms with van der Waals surface area (Å²) in [6.45, 7) is 0. The Morgan fingerprint density at radius 3 is 2.33 bits per heavy atom. The zero-order valence-electron chi connectivity index (χ0n) is 9.50. The third-order valence-corrected chi connectivity index (χ3v) is 2.38. The fourth-order valence-electron chi connectivity index (χ4n) is 1.15. The van der Waals surface area contributed by atoms with E-state index in [1.165, 1.54) is 7.11 Å². The average Bonchev–Trinajstić information content (AvgIpc) is 2.23. The van der Waals surface area contributed by atoms with Gasteiger partial charge >= 0.3 is 6.18 Å². The quantitative estimate of drug-likeness (QED) is 0.739. The molecule has 0 bridgehead atoms. The minimum Gasteiger partial charge on any atom is -0.497 e. The monoisotopic (exact) mass is 278 g/mol. The molecule has 0 spiro atoms. The van der Waals surface area contributed by atoms with E-state index in [1.54, 1.807) is 5.25 Å². The summed E-state index contributed by atoms with van der Waals surface area (Å²) >= 11 is 0. The lowest BCUT2D eigenvalue weighted by Crippen LogP contribution is -2.08. The minimum atomic E-state index is -4.60. The van der Waals surface area contributed by atoms with Crippen LogP contribution < -0.4 is 4.74 Å². The molecule has 98 valence electrons. The van der Waals surface area contributed by atoms with Crippen molar-refractivity contribution in [2.45, 2.75) is 6.18 Å². The van der Waals surface area contributed by atoms with Crippen LogP contribution >= 0.6 is 0 Å². The Kier molecular flexibility index (Phi) is 3.92. The molecule has 0 atom stereocenters. The summed E-state index contributed by atoms with van der Waals surface area (Å²) in [5, 5.41) is 1.77. The van der Waals surface area contributed by atoms with E-state index >= 15 is 0 Å². The van der Waals surface area contributed by atoms with Crippen molar-refractivity contribution >= 4 is 9.84 Å². The summed E-state index contributed by atoms with van der Waals surface area (Å²) < 4.78 is 64.4. The van der Waals surface area contributed by atoms with E-state index in [0.29, 0.717) is 0 Å². The highest BCUT2D eigenvalue weighted by atomic mass is 32.2. The molecule has 0 aliphatic rings. The smallest absolute Gasteiger partial charge is 0.417 e. The number of rotatable bonds is 1. The molecule has 3 nitrogen and oxygen atoms in total. The normalized spacial score (nSPS) is 11.6. The van der Waals surface area contributed by atoms with E-state index in [0.717, 1.165) is 24.5 Å². The van der Waals surface area contributed by atoms with Crippen LogP contribution in [0.4, 0.5) is 13.2 Å². The lowest BCUT2D eigenvalue weighted by Gasteiger charge is -2.10. The highest BCUT2D eigenvalue weighted by molar-refractivity contribution is 7.95. The Hall–Kier alpha value is -1.68. The maximum absolute atomic E-state index is 12.6. The first-order valence-corrected chi connectivity index (χ1v) is 6.50. The molecule has 0 heterocycles. The maximum Gasteiger partial charge on any atom is 0.417 e. The van der Waals surface area contributed by atoms with Gasteiger partial charge in [0.2, 0.25) is 9.84 Å². The molecule has 0 saturated heterocycles. The Morgan fingerprint density at radius 1 is 1.28 bits per heavy atom. The Labute approximate surface area is 102 Å². The number of benzene rings is 1. The van der Waals surface area contributed by atoms with E-state index in [9.17, 15) is 21.6 Å². The van der Waals surface area contributed by atoms with Crippen LogP contribution in [-0.2, 0) is 16.0 Å². The van der Waals surface area contributed by atoms with E-state index < -0.39 is 27.1 Å². The van der Waals surface area contributed by atoms with Gasteiger partial charge in [0.05, 0.1) is 18.9 Å². The fraction of sp³-hybridized carbons (Fsp3) is 0.273. The first-order valence-electron chi connectivity index (χ1n) is 4.61. The molecule has 0 radical (unpaired) electrons. The first-order chi connectivity index (χ1) is 8.13. The van der Waals surface area contributed by atoms with Crippen molar-refractivity contribution in [3.8, 4) is 16.9 Å². The van der Waals surface area contributed by atoms with Crippen molar-refractivity contribution in [1.82, 2.24) is 0 Å². The SMILES string of the molecule is COc1ccc(C(F)(F)F)c(C#CS(C)(=O)=O)c1. The number of methoxy groups -OCH3 is 1. The molecule has 7 heteroatoms. The summed E-state index contributed by atoms with van der Waals surface area (Å²) in [5.74, 6) is 2.16. The second kappa shape index (κ2) is 4.90. The van der Waals surface area contributed by atoms with Crippen LogP contribution in [0, 0.1) is 11.2 Å². The molecule has 0 amide bonds. The van der Waals surface area contributed by atoms with Crippen LogP contribution in [0.2, 0.25) is 0 Å². The van der Waals surface area contributed by atoms with Gasteiger partial charge in [-0.2, -0.15) is 13.2 Å². The summed E-state index contributed by atoms with van der Waals surface area (Å²) in [7, 11) is -2.39. The van der Waals surface area contributed by atoms with E-state index in [-0.39, 0.29) is 5.75 Å². The van der Waals surface area contributed by atoms with Gasteiger partial charge in [-0.25, -0.2) is 8.42 Å². The molecular weight excluding hydrogens is 269 g/mol. The third-order valence-electron chi connectivity index (χ3n) is 1.90. The molecule has 0 aliphatic heterocycles. The van der Waals surface area contributed by atoms with Gasteiger partial charge in [-0.3, -0.25) is 0 Å². The molecule has 1 rings (SSSR count). The first kappa shape index (κ1) is 14.4. The second-order valence-corrected chi connectivity index (χ2v) is 5.16. The lowest BCUT2D eigenvalue weighted by molar-refractivity contribution is -0.137. The van der Waals surface area contributed by atoms with Crippen LogP contribution in [0.25, 0.3) is 0 Å². The van der Waals surface area contributed by atoms with Crippen LogP contribution in [0.5, 0.6) is 5.75 Å². The van der Waals surface area contributed by atoms with Crippen LogP contribution in [0.1, 0.15) is 11.1 Å². The predicted octanol–water partition coefficient (Wildman–Crippen LogP) is 2.07. The highest BCUT2D eigenvalue weighted by Gasteiger charge is 2.33. The van der Waals surface area contributed by atoms with Crippen molar-refractivity contribution in [3.63, 3.8) is 0 Å². The van der Waals surface area contributed by atoms with Crippen molar-refractivity contribution in [1.29, 1.82) is 0 Å². The van der Waals surface area contributed by atoms with Gasteiger partial charge in [-0.05, 0) is 24.1 Å². The Bertz CT molecular complexity index is 607. The molecule has 1 aromatic carbocycles. The lowest BCUT2D eigenvalue weighted by atomic mass is 10.1. The van der Waals surface area contributed by atoms with Crippen LogP contribution in [0.3, 0.4) is 0 Å². The van der Waals surface area contributed by atoms with Gasteiger partial charge in [-0.1, -0.05) is 0 Å². The van der Waals surface area contributed by atoms with E-state index in [1.807, 2.05) is 5.92 Å². The van der Waals surface area contributed by atoms with Crippen molar-refractivity contribution in [3.05, 3.63) is 29.3 Å². The van der Waals surface area contributed by atoms with Gasteiger partial charge in [0.15, 0.2) is 0 Å². The summed E-state index contributed by atoms with van der Waals surface area (Å²) in [5.41, 5.74) is -1.44. The Balaban J connectivity index is 3.41. The molecule has 0 aliphatic carbocycles. The molecule has 0 aromatic heterocycles. The molecule has 0 fully saturated rings. The maximum atomic E-state index is 12.6. The number of halogens is 3. The molecule has 18 heavy (non-hydrogen) atoms. The number of ether oxygens (including phenoxy) is 1. The third kappa shape index (κ3) is 3.96. The summed E-state index contributed by atoms with van der Waals surface area (Å²) in [6, 6.07) is 2.97. The van der Waals surface area contributed by atoms with Crippen molar-refractivity contribution < 1.29 is 26.3 Å². The topological polar surface area (TPSA) is 43.4 Å². The van der Waals surface area contributed by atoms with E-state index in [4.69, 9.17) is 4.74 Å². The average molecular weight is 278 g/mol. The standard InChI is InChI=1S/C11H9F3O3S/c1-17-9-3-4-10(11(12,13)14)8(7-9)5-6-18(2,15)16/h3-4,7H,1-2H3. The number of sulfone groups is 1. The molecular formula is C11H9F3O3S. The summed E-state index contributed by atoms with van der Waals surface area (Å²) in [6.07, 6.45) is -3.79. The zero-order chi connectivity index (χ0) is 14.0. The van der Waals surface area contributed by atoms with Gasteiger partial charge in [-0.15, -0.1) is 0 Å². The van der Waals surface area contributed by atoms with Crippen LogP contribution in [0.15, 0.2) is 18.2 Å². The van der Waals surface area contributed by atoms with Gasteiger partial charge in [0.25, 0.3) is 0 Å². The Morgan fingerprint density at radius 2 is 1.89 bits per heavy atom. The highest BCUT2D eigenvalue weighted by Crippen LogP contribution is 2.33. The zero-order valence-corrected chi connectivity index (χ0v) is 10.3. The molecule has 1 aromatic rings. The number of hydrogen-bond acceptors (Lipinski definition) is 3. The van der Waals surface area contributed by atoms with Gasteiger partial charge < -0.3 is 4.74 Å². The fourth-order valence-corrected chi connectivity index (χ4v) is 1.44. The largest absolute Gasteiger partial charge is 0.497 e. The predicted molar refractivity (Wildman–Crippen MR) is 59.7 cm³/mol. The molecule has 0 unspecified atom stereocenters. The van der Waals surface area contributed by atoms with E-state index in [2.05, 4.69) is 0 Å². The molecule has 0 saturated carbocycles. The number of alkyl halides is 3. The van der Waals surface area contributed by atoms with Gasteiger partial charge in [0.1, 0.15) is 5.75 Å². The van der Waals surface area contributed by atoms with Crippen LogP contribution in [-0.4, -0.2) is 21.8 Å². The van der Waals surface area contributed by atoms with Gasteiger partial charge in [0, 0.05) is 10.8 Å². The second-order valence-electron chi connectivity index (χ2n) is 3.41. The van der Waals surface area contributed by atoms with Crippen molar-refractivity contribution in [2.75, 3.05) is 13.4 Å².